The summed E-state index contributed by atoms with van der Waals surface area (Å²) in [5, 5.41) is 2.03. The van der Waals surface area contributed by atoms with Crippen molar-refractivity contribution in [3.63, 3.8) is 0 Å². The normalized spacial score (nSPS) is 24.6. The van der Waals surface area contributed by atoms with E-state index in [-0.39, 0.29) is 18.0 Å². The van der Waals surface area contributed by atoms with Crippen molar-refractivity contribution < 1.29 is 9.53 Å². The number of nitrogens with zero attached hydrogens (tertiary/aromatic N) is 1. The molecule has 2 rings (SSSR count). The van der Waals surface area contributed by atoms with Crippen LogP contribution in [0.15, 0.2) is 17.5 Å². The van der Waals surface area contributed by atoms with Crippen molar-refractivity contribution in [1.29, 1.82) is 0 Å². The van der Waals surface area contributed by atoms with E-state index in [0.29, 0.717) is 13.0 Å². The Hall–Kier alpha value is -0.910. The molecular weight excluding hydrogens is 236 g/mol. The molecule has 0 bridgehead atoms. The molecule has 0 aromatic carbocycles. The van der Waals surface area contributed by atoms with E-state index in [4.69, 9.17) is 10.5 Å². The molecule has 4 nitrogen and oxygen atoms in total. The van der Waals surface area contributed by atoms with Gasteiger partial charge in [-0.25, -0.2) is 0 Å². The van der Waals surface area contributed by atoms with Gasteiger partial charge in [0.2, 0.25) is 5.91 Å². The van der Waals surface area contributed by atoms with Crippen LogP contribution < -0.4 is 5.73 Å². The molecule has 1 aromatic rings. The summed E-state index contributed by atoms with van der Waals surface area (Å²) in [7, 11) is 1.67. The molecule has 2 N–H and O–H groups in total. The first-order valence-electron chi connectivity index (χ1n) is 5.81. The van der Waals surface area contributed by atoms with E-state index in [1.807, 2.05) is 16.3 Å². The van der Waals surface area contributed by atoms with Crippen LogP contribution in [0.4, 0.5) is 0 Å². The van der Waals surface area contributed by atoms with Crippen LogP contribution in [0.5, 0.6) is 0 Å². The minimum absolute atomic E-state index is 0.0550. The Morgan fingerprint density at radius 1 is 1.65 bits per heavy atom. The molecule has 5 heteroatoms. The van der Waals surface area contributed by atoms with Gasteiger partial charge in [-0.05, 0) is 17.9 Å². The molecule has 1 fully saturated rings. The number of rotatable bonds is 5. The average Bonchev–Trinajstić information content (AvgIpc) is 2.88. The summed E-state index contributed by atoms with van der Waals surface area (Å²) >= 11 is 1.66. The summed E-state index contributed by atoms with van der Waals surface area (Å²) in [4.78, 5) is 15.0. The van der Waals surface area contributed by atoms with Crippen molar-refractivity contribution in [2.45, 2.75) is 24.9 Å². The zero-order valence-corrected chi connectivity index (χ0v) is 10.8. The molecular formula is C12H18N2O2S. The topological polar surface area (TPSA) is 55.6 Å². The molecule has 0 spiro atoms. The molecule has 0 radical (unpaired) electrons. The Bertz CT molecular complexity index is 367. The highest BCUT2D eigenvalue weighted by Gasteiger charge is 2.38. The van der Waals surface area contributed by atoms with E-state index in [2.05, 4.69) is 6.07 Å². The number of nitrogens with two attached hydrogens (primary N) is 1. The number of thiophene rings is 1. The Morgan fingerprint density at radius 2 is 2.47 bits per heavy atom. The predicted octanol–water partition coefficient (Wildman–Crippen LogP) is 1.39. The van der Waals surface area contributed by atoms with E-state index in [1.54, 1.807) is 18.4 Å². The maximum Gasteiger partial charge on any atom is 0.224 e. The van der Waals surface area contributed by atoms with Crippen LogP contribution in [0.25, 0.3) is 0 Å². The highest BCUT2D eigenvalue weighted by atomic mass is 32.1. The van der Waals surface area contributed by atoms with E-state index >= 15 is 0 Å². The van der Waals surface area contributed by atoms with Gasteiger partial charge in [0.05, 0.1) is 6.04 Å². The monoisotopic (exact) mass is 254 g/mol. The van der Waals surface area contributed by atoms with Crippen molar-refractivity contribution in [3.05, 3.63) is 22.4 Å². The maximum atomic E-state index is 11.9. The van der Waals surface area contributed by atoms with Gasteiger partial charge in [-0.3, -0.25) is 4.79 Å². The lowest BCUT2D eigenvalue weighted by molar-refractivity contribution is -0.129. The minimum atomic E-state index is -0.0799. The second kappa shape index (κ2) is 5.62. The van der Waals surface area contributed by atoms with Crippen LogP contribution in [-0.4, -0.2) is 37.1 Å². The first kappa shape index (κ1) is 12.5. The number of ether oxygens (including phenoxy) is 1. The molecule has 2 unspecified atom stereocenters. The lowest BCUT2D eigenvalue weighted by Crippen LogP contribution is -2.33. The molecule has 1 aromatic heterocycles. The molecule has 1 saturated heterocycles. The van der Waals surface area contributed by atoms with Gasteiger partial charge in [0.25, 0.3) is 0 Å². The predicted molar refractivity (Wildman–Crippen MR) is 67.9 cm³/mol. The first-order chi connectivity index (χ1) is 8.24. The second-order valence-corrected chi connectivity index (χ2v) is 5.24. The number of carbonyl (C=O) groups excluding carboxylic acids is 1. The van der Waals surface area contributed by atoms with Gasteiger partial charge in [0, 0.05) is 37.6 Å². The Morgan fingerprint density at radius 3 is 3.12 bits per heavy atom. The summed E-state index contributed by atoms with van der Waals surface area (Å²) in [5.74, 6) is 0.159. The van der Waals surface area contributed by atoms with E-state index in [9.17, 15) is 4.79 Å². The summed E-state index contributed by atoms with van der Waals surface area (Å²) in [6.07, 6.45) is 1.31. The number of amides is 1. The molecule has 1 amide bonds. The van der Waals surface area contributed by atoms with E-state index in [1.165, 1.54) is 4.88 Å². The second-order valence-electron chi connectivity index (χ2n) is 4.26. The van der Waals surface area contributed by atoms with Gasteiger partial charge in [-0.15, -0.1) is 11.3 Å². The van der Waals surface area contributed by atoms with Crippen molar-refractivity contribution in [1.82, 2.24) is 4.90 Å². The van der Waals surface area contributed by atoms with E-state index < -0.39 is 0 Å². The zero-order valence-electron chi connectivity index (χ0n) is 9.96. The minimum Gasteiger partial charge on any atom is -0.385 e. The third kappa shape index (κ3) is 2.68. The summed E-state index contributed by atoms with van der Waals surface area (Å²) in [5.41, 5.74) is 6.07. The molecule has 1 aliphatic rings. The van der Waals surface area contributed by atoms with Gasteiger partial charge in [0.1, 0.15) is 0 Å². The quantitative estimate of drug-likeness (QED) is 0.808. The molecule has 2 heterocycles. The molecule has 2 atom stereocenters. The summed E-state index contributed by atoms with van der Waals surface area (Å²) < 4.78 is 5.02. The van der Waals surface area contributed by atoms with Gasteiger partial charge >= 0.3 is 0 Å². The Kier molecular flexibility index (Phi) is 4.15. The van der Waals surface area contributed by atoms with E-state index in [0.717, 1.165) is 13.0 Å². The van der Waals surface area contributed by atoms with Crippen LogP contribution >= 0.6 is 11.3 Å². The number of methoxy groups -OCH3 is 1. The van der Waals surface area contributed by atoms with Crippen LogP contribution in [0, 0.1) is 0 Å². The van der Waals surface area contributed by atoms with Crippen molar-refractivity contribution in [3.8, 4) is 0 Å². The molecule has 1 aliphatic heterocycles. The molecule has 17 heavy (non-hydrogen) atoms. The SMILES string of the molecule is COCCCN1C(=O)CC(N)C1c1cccs1. The number of carbonyl (C=O) groups is 1. The van der Waals surface area contributed by atoms with Gasteiger partial charge in [-0.2, -0.15) is 0 Å². The highest BCUT2D eigenvalue weighted by Crippen LogP contribution is 2.34. The van der Waals surface area contributed by atoms with Crippen molar-refractivity contribution in [2.75, 3.05) is 20.3 Å². The number of hydrogen-bond acceptors (Lipinski definition) is 4. The standard InChI is InChI=1S/C12H18N2O2S/c1-16-6-3-5-14-11(15)8-9(13)12(14)10-4-2-7-17-10/h2,4,7,9,12H,3,5-6,8,13H2,1H3. The Balaban J connectivity index is 2.07. The van der Waals surface area contributed by atoms with Crippen LogP contribution in [0.2, 0.25) is 0 Å². The molecule has 94 valence electrons. The lowest BCUT2D eigenvalue weighted by atomic mass is 10.1. The first-order valence-corrected chi connectivity index (χ1v) is 6.69. The summed E-state index contributed by atoms with van der Waals surface area (Å²) in [6, 6.07) is 4.03. The molecule has 0 saturated carbocycles. The third-order valence-corrected chi connectivity index (χ3v) is 4.00. The fourth-order valence-corrected chi connectivity index (χ4v) is 3.20. The van der Waals surface area contributed by atoms with Crippen molar-refractivity contribution >= 4 is 17.2 Å². The van der Waals surface area contributed by atoms with Gasteiger partial charge < -0.3 is 15.4 Å². The van der Waals surface area contributed by atoms with Crippen LogP contribution in [-0.2, 0) is 9.53 Å². The molecule has 0 aliphatic carbocycles. The Labute approximate surface area is 105 Å². The fraction of sp³-hybridized carbons (Fsp3) is 0.583. The van der Waals surface area contributed by atoms with Crippen molar-refractivity contribution in [2.24, 2.45) is 5.73 Å². The zero-order chi connectivity index (χ0) is 12.3. The van der Waals surface area contributed by atoms with Gasteiger partial charge in [-0.1, -0.05) is 6.07 Å². The summed E-state index contributed by atoms with van der Waals surface area (Å²) in [6.45, 7) is 1.40. The average molecular weight is 254 g/mol. The maximum absolute atomic E-state index is 11.9. The largest absolute Gasteiger partial charge is 0.385 e. The van der Waals surface area contributed by atoms with Crippen LogP contribution in [0.3, 0.4) is 0 Å². The lowest BCUT2D eigenvalue weighted by Gasteiger charge is -2.25. The smallest absolute Gasteiger partial charge is 0.224 e. The third-order valence-electron chi connectivity index (χ3n) is 3.05. The number of likely N-dealkylation sites (tertiary alicyclic amines) is 1. The number of hydrogen-bond donors (Lipinski definition) is 1. The fourth-order valence-electron chi connectivity index (χ4n) is 2.28. The highest BCUT2D eigenvalue weighted by molar-refractivity contribution is 7.10. The van der Waals surface area contributed by atoms with Crippen LogP contribution in [0.1, 0.15) is 23.8 Å². The van der Waals surface area contributed by atoms with Gasteiger partial charge in [0.15, 0.2) is 0 Å².